The Bertz CT molecular complexity index is 514. The van der Waals surface area contributed by atoms with Gasteiger partial charge in [0.15, 0.2) is 0 Å². The van der Waals surface area contributed by atoms with Crippen molar-refractivity contribution < 1.29 is 4.79 Å². The van der Waals surface area contributed by atoms with Crippen molar-refractivity contribution in [2.45, 2.75) is 45.2 Å². The van der Waals surface area contributed by atoms with Gasteiger partial charge in [-0.05, 0) is 33.1 Å². The number of likely N-dealkylation sites (tertiary alicyclic amines) is 1. The van der Waals surface area contributed by atoms with E-state index in [4.69, 9.17) is 0 Å². The normalized spacial score (nSPS) is 25.2. The lowest BCUT2D eigenvalue weighted by Crippen LogP contribution is -2.39. The summed E-state index contributed by atoms with van der Waals surface area (Å²) in [6.07, 6.45) is 3.53. The first-order chi connectivity index (χ1) is 9.06. The van der Waals surface area contributed by atoms with Crippen LogP contribution in [0.15, 0.2) is 0 Å². The minimum absolute atomic E-state index is 0. The zero-order valence-corrected chi connectivity index (χ0v) is 13.2. The molecule has 1 amide bonds. The van der Waals surface area contributed by atoms with Gasteiger partial charge in [-0.2, -0.15) is 5.10 Å². The van der Waals surface area contributed by atoms with Crippen molar-refractivity contribution in [1.29, 1.82) is 0 Å². The van der Waals surface area contributed by atoms with Crippen LogP contribution in [0.4, 0.5) is 0 Å². The third-order valence-corrected chi connectivity index (χ3v) is 4.53. The molecule has 1 aromatic rings. The van der Waals surface area contributed by atoms with Gasteiger partial charge in [0.05, 0.1) is 11.3 Å². The molecule has 0 saturated carbocycles. The van der Waals surface area contributed by atoms with Crippen LogP contribution in [0, 0.1) is 13.8 Å². The van der Waals surface area contributed by atoms with E-state index in [1.54, 1.807) is 4.68 Å². The van der Waals surface area contributed by atoms with E-state index < -0.39 is 0 Å². The molecular formula is C14H23ClN4O. The number of aromatic nitrogens is 2. The average molecular weight is 299 g/mol. The number of nitrogens with zero attached hydrogens (tertiary/aromatic N) is 3. The number of halogens is 1. The van der Waals surface area contributed by atoms with Crippen LogP contribution in [0.3, 0.4) is 0 Å². The van der Waals surface area contributed by atoms with Gasteiger partial charge < -0.3 is 10.2 Å². The summed E-state index contributed by atoms with van der Waals surface area (Å²) in [5.74, 6) is 0.150. The van der Waals surface area contributed by atoms with Crippen molar-refractivity contribution in [3.8, 4) is 0 Å². The predicted octanol–water partition coefficient (Wildman–Crippen LogP) is 1.43. The largest absolute Gasteiger partial charge is 0.337 e. The number of carbonyl (C=O) groups excluding carboxylic acids is 1. The number of fused-ring (bicyclic) bond motifs is 2. The summed E-state index contributed by atoms with van der Waals surface area (Å²) in [5, 5.41) is 7.96. The molecule has 2 unspecified atom stereocenters. The highest BCUT2D eigenvalue weighted by molar-refractivity contribution is 5.96. The minimum Gasteiger partial charge on any atom is -0.337 e. The Morgan fingerprint density at radius 1 is 1.25 bits per heavy atom. The Balaban J connectivity index is 0.00000147. The summed E-state index contributed by atoms with van der Waals surface area (Å²) < 4.78 is 1.80. The Morgan fingerprint density at radius 2 is 1.95 bits per heavy atom. The maximum absolute atomic E-state index is 12.7. The highest BCUT2D eigenvalue weighted by Crippen LogP contribution is 2.23. The standard InChI is InChI=1S/C14H22N4O.ClH/c1-9-13(10(2)17(3)16-9)14(19)18-7-6-11-4-5-12(8-18)15-11;/h11-12,15H,4-8H2,1-3H3;1H. The molecule has 3 heterocycles. The van der Waals surface area contributed by atoms with E-state index in [9.17, 15) is 4.79 Å². The molecule has 5 nitrogen and oxygen atoms in total. The van der Waals surface area contributed by atoms with Gasteiger partial charge in [0.2, 0.25) is 0 Å². The second kappa shape index (κ2) is 5.74. The van der Waals surface area contributed by atoms with Gasteiger partial charge in [0.1, 0.15) is 0 Å². The molecule has 2 aliphatic rings. The molecule has 0 aromatic carbocycles. The first-order valence-corrected chi connectivity index (χ1v) is 7.11. The molecule has 0 spiro atoms. The average Bonchev–Trinajstić information content (AvgIpc) is 2.79. The fraction of sp³-hybridized carbons (Fsp3) is 0.714. The Morgan fingerprint density at radius 3 is 2.60 bits per heavy atom. The summed E-state index contributed by atoms with van der Waals surface area (Å²) in [4.78, 5) is 14.7. The molecule has 0 aliphatic carbocycles. The zero-order chi connectivity index (χ0) is 13.6. The molecule has 112 valence electrons. The molecular weight excluding hydrogens is 276 g/mol. The quantitative estimate of drug-likeness (QED) is 0.853. The highest BCUT2D eigenvalue weighted by atomic mass is 35.5. The maximum Gasteiger partial charge on any atom is 0.257 e. The monoisotopic (exact) mass is 298 g/mol. The lowest BCUT2D eigenvalue weighted by molar-refractivity contribution is 0.0746. The Labute approximate surface area is 126 Å². The van der Waals surface area contributed by atoms with Crippen LogP contribution < -0.4 is 5.32 Å². The number of hydrogen-bond donors (Lipinski definition) is 1. The number of carbonyl (C=O) groups is 1. The van der Waals surface area contributed by atoms with Crippen molar-refractivity contribution in [2.24, 2.45) is 7.05 Å². The molecule has 1 aromatic heterocycles. The molecule has 2 saturated heterocycles. The number of nitrogens with one attached hydrogen (secondary N) is 1. The first-order valence-electron chi connectivity index (χ1n) is 7.11. The van der Waals surface area contributed by atoms with Crippen LogP contribution in [0.2, 0.25) is 0 Å². The first kappa shape index (κ1) is 15.3. The Kier molecular flexibility index (Phi) is 4.39. The van der Waals surface area contributed by atoms with Crippen molar-refractivity contribution in [3.63, 3.8) is 0 Å². The predicted molar refractivity (Wildman–Crippen MR) is 80.4 cm³/mol. The summed E-state index contributed by atoms with van der Waals surface area (Å²) in [6.45, 7) is 5.59. The summed E-state index contributed by atoms with van der Waals surface area (Å²) in [7, 11) is 1.89. The molecule has 1 N–H and O–H groups in total. The topological polar surface area (TPSA) is 50.2 Å². The Hall–Kier alpha value is -1.07. The van der Waals surface area contributed by atoms with Crippen molar-refractivity contribution >= 4 is 18.3 Å². The highest BCUT2D eigenvalue weighted by Gasteiger charge is 2.32. The van der Waals surface area contributed by atoms with Gasteiger partial charge >= 0.3 is 0 Å². The van der Waals surface area contributed by atoms with Crippen molar-refractivity contribution in [1.82, 2.24) is 20.0 Å². The fourth-order valence-electron chi connectivity index (χ4n) is 3.37. The van der Waals surface area contributed by atoms with E-state index in [1.807, 2.05) is 25.8 Å². The molecule has 2 fully saturated rings. The number of amides is 1. The summed E-state index contributed by atoms with van der Waals surface area (Å²) in [6, 6.07) is 1.09. The molecule has 2 bridgehead atoms. The number of rotatable bonds is 1. The lowest BCUT2D eigenvalue weighted by Gasteiger charge is -2.24. The van der Waals surface area contributed by atoms with Gasteiger partial charge in [-0.3, -0.25) is 9.48 Å². The van der Waals surface area contributed by atoms with E-state index >= 15 is 0 Å². The third-order valence-electron chi connectivity index (χ3n) is 4.53. The third kappa shape index (κ3) is 2.56. The van der Waals surface area contributed by atoms with Crippen molar-refractivity contribution in [2.75, 3.05) is 13.1 Å². The van der Waals surface area contributed by atoms with E-state index in [0.717, 1.165) is 36.5 Å². The number of hydrogen-bond acceptors (Lipinski definition) is 3. The smallest absolute Gasteiger partial charge is 0.257 e. The van der Waals surface area contributed by atoms with Crippen molar-refractivity contribution in [3.05, 3.63) is 17.0 Å². The molecule has 2 atom stereocenters. The van der Waals surface area contributed by atoms with Crippen LogP contribution in [-0.4, -0.2) is 45.8 Å². The van der Waals surface area contributed by atoms with Crippen LogP contribution in [0.1, 0.15) is 41.0 Å². The maximum atomic E-state index is 12.7. The second-order valence-electron chi connectivity index (χ2n) is 5.85. The fourth-order valence-corrected chi connectivity index (χ4v) is 3.37. The van der Waals surface area contributed by atoms with Gasteiger partial charge in [-0.1, -0.05) is 0 Å². The van der Waals surface area contributed by atoms with E-state index in [-0.39, 0.29) is 18.3 Å². The molecule has 3 rings (SSSR count). The van der Waals surface area contributed by atoms with Crippen LogP contribution in [-0.2, 0) is 7.05 Å². The lowest BCUT2D eigenvalue weighted by atomic mass is 10.1. The zero-order valence-electron chi connectivity index (χ0n) is 12.3. The molecule has 2 aliphatic heterocycles. The van der Waals surface area contributed by atoms with E-state index in [2.05, 4.69) is 10.4 Å². The molecule has 0 radical (unpaired) electrons. The van der Waals surface area contributed by atoms with Crippen LogP contribution in [0.25, 0.3) is 0 Å². The minimum atomic E-state index is 0. The molecule has 20 heavy (non-hydrogen) atoms. The van der Waals surface area contributed by atoms with Gasteiger partial charge in [0, 0.05) is 37.9 Å². The van der Waals surface area contributed by atoms with Gasteiger partial charge in [0.25, 0.3) is 5.91 Å². The van der Waals surface area contributed by atoms with E-state index in [1.165, 1.54) is 12.8 Å². The summed E-state index contributed by atoms with van der Waals surface area (Å²) >= 11 is 0. The van der Waals surface area contributed by atoms with Gasteiger partial charge in [-0.15, -0.1) is 12.4 Å². The van der Waals surface area contributed by atoms with Crippen LogP contribution in [0.5, 0.6) is 0 Å². The van der Waals surface area contributed by atoms with Gasteiger partial charge in [-0.25, -0.2) is 0 Å². The number of aryl methyl sites for hydroxylation is 2. The van der Waals surface area contributed by atoms with E-state index in [0.29, 0.717) is 12.1 Å². The summed E-state index contributed by atoms with van der Waals surface area (Å²) in [5.41, 5.74) is 2.59. The second-order valence-corrected chi connectivity index (χ2v) is 5.85. The SMILES string of the molecule is Cc1nn(C)c(C)c1C(=O)N1CCC2CCC(C1)N2.Cl. The molecule has 6 heteroatoms. The van der Waals surface area contributed by atoms with Crippen LogP contribution >= 0.6 is 12.4 Å².